The van der Waals surface area contributed by atoms with E-state index in [0.29, 0.717) is 28.6 Å². The molecule has 0 amide bonds. The Hall–Kier alpha value is -7.01. The quantitative estimate of drug-likeness (QED) is 0.164. The maximum atomic E-state index is 8.60. The van der Waals surface area contributed by atoms with Gasteiger partial charge in [-0.05, 0) is 62.7 Å². The number of hydrogen-bond acceptors (Lipinski definition) is 4. The van der Waals surface area contributed by atoms with Gasteiger partial charge in [-0.15, -0.1) is 11.3 Å². The molecule has 0 aliphatic carbocycles. The molecule has 0 atom stereocenters. The van der Waals surface area contributed by atoms with Gasteiger partial charge in [-0.25, -0.2) is 15.0 Å². The van der Waals surface area contributed by atoms with E-state index in [2.05, 4.69) is 97.1 Å². The van der Waals surface area contributed by atoms with Crippen LogP contribution in [0.25, 0.3) is 98.8 Å². The molecule has 2 aromatic heterocycles. The molecule has 4 heteroatoms. The van der Waals surface area contributed by atoms with Gasteiger partial charge in [0, 0.05) is 36.9 Å². The van der Waals surface area contributed by atoms with E-state index < -0.39 is 6.04 Å². The minimum atomic E-state index is -0.430. The minimum Gasteiger partial charge on any atom is -0.208 e. The third-order valence-corrected chi connectivity index (χ3v) is 11.1. The Morgan fingerprint density at radius 1 is 0.364 bits per heavy atom. The Balaban J connectivity index is 1.07. The molecule has 0 fully saturated rings. The first-order chi connectivity index (χ1) is 29.3. The molecule has 2 heterocycles. The van der Waals surface area contributed by atoms with Crippen LogP contribution in [0.15, 0.2) is 200 Å². The zero-order chi connectivity index (χ0) is 40.9. The Kier molecular flexibility index (Phi) is 7.06. The standard InChI is InChI=1S/C51H33N3S/c1-4-13-34(14-5-1)36-25-27-37(28-26-36)38-29-31-39(32-30-38)43-21-12-24-46-47(43)44-22-11-23-45(48(44)55-46)51-53-49(40-17-8-3-9-18-40)52-50(54-51)42-20-10-19-41(33-42)35-15-6-2-7-16-35/h1-33H/i2D,6D,7D,15D,16D. The van der Waals surface area contributed by atoms with Crippen LogP contribution in [0.5, 0.6) is 0 Å². The lowest BCUT2D eigenvalue weighted by Gasteiger charge is -2.10. The lowest BCUT2D eigenvalue weighted by atomic mass is 9.96. The van der Waals surface area contributed by atoms with Crippen LogP contribution in [-0.4, -0.2) is 15.0 Å². The molecule has 0 unspecified atom stereocenters. The number of thiophene rings is 1. The van der Waals surface area contributed by atoms with E-state index in [-0.39, 0.29) is 29.7 Å². The summed E-state index contributed by atoms with van der Waals surface area (Å²) in [6, 6.07) is 55.8. The highest BCUT2D eigenvalue weighted by Crippen LogP contribution is 2.44. The van der Waals surface area contributed by atoms with Gasteiger partial charge in [0.25, 0.3) is 0 Å². The molecule has 258 valence electrons. The van der Waals surface area contributed by atoms with Crippen molar-refractivity contribution < 1.29 is 6.85 Å². The summed E-state index contributed by atoms with van der Waals surface area (Å²) in [7, 11) is 0. The Bertz CT molecular complexity index is 3210. The second-order valence-corrected chi connectivity index (χ2v) is 14.3. The van der Waals surface area contributed by atoms with Crippen LogP contribution in [0.1, 0.15) is 6.85 Å². The second kappa shape index (κ2) is 14.1. The normalized spacial score (nSPS) is 12.5. The molecule has 0 saturated carbocycles. The molecule has 10 aromatic rings. The molecule has 0 bridgehead atoms. The zero-order valence-corrected chi connectivity index (χ0v) is 30.2. The number of benzene rings is 8. The van der Waals surface area contributed by atoms with Gasteiger partial charge in [-0.2, -0.15) is 0 Å². The summed E-state index contributed by atoms with van der Waals surface area (Å²) in [6.45, 7) is 0. The number of hydrogen-bond donors (Lipinski definition) is 0. The van der Waals surface area contributed by atoms with Crippen molar-refractivity contribution in [2.75, 3.05) is 0 Å². The van der Waals surface area contributed by atoms with Crippen molar-refractivity contribution in [3.05, 3.63) is 200 Å². The van der Waals surface area contributed by atoms with E-state index in [4.69, 9.17) is 21.8 Å². The predicted octanol–water partition coefficient (Wildman–Crippen LogP) is 13.9. The topological polar surface area (TPSA) is 38.7 Å². The summed E-state index contributed by atoms with van der Waals surface area (Å²) in [5.41, 5.74) is 9.90. The molecule has 0 radical (unpaired) electrons. The summed E-state index contributed by atoms with van der Waals surface area (Å²) in [6.07, 6.45) is 0. The average molecular weight is 725 g/mol. The highest BCUT2D eigenvalue weighted by Gasteiger charge is 2.18. The van der Waals surface area contributed by atoms with Crippen LogP contribution in [0.3, 0.4) is 0 Å². The second-order valence-electron chi connectivity index (χ2n) is 13.2. The van der Waals surface area contributed by atoms with Crippen molar-refractivity contribution in [2.45, 2.75) is 0 Å². The van der Waals surface area contributed by atoms with Gasteiger partial charge in [-0.1, -0.05) is 182 Å². The van der Waals surface area contributed by atoms with E-state index in [1.807, 2.05) is 54.6 Å². The lowest BCUT2D eigenvalue weighted by Crippen LogP contribution is -2.00. The largest absolute Gasteiger partial charge is 0.208 e. The first-order valence-corrected chi connectivity index (χ1v) is 18.8. The van der Waals surface area contributed by atoms with Crippen molar-refractivity contribution >= 4 is 31.5 Å². The van der Waals surface area contributed by atoms with E-state index in [0.717, 1.165) is 48.2 Å². The van der Waals surface area contributed by atoms with Crippen molar-refractivity contribution in [3.63, 3.8) is 0 Å². The number of aromatic nitrogens is 3. The van der Waals surface area contributed by atoms with Crippen LogP contribution < -0.4 is 0 Å². The molecule has 55 heavy (non-hydrogen) atoms. The highest BCUT2D eigenvalue weighted by atomic mass is 32.1. The van der Waals surface area contributed by atoms with Crippen LogP contribution >= 0.6 is 11.3 Å². The van der Waals surface area contributed by atoms with Crippen molar-refractivity contribution in [3.8, 4) is 78.7 Å². The van der Waals surface area contributed by atoms with Crippen LogP contribution in [0.2, 0.25) is 0 Å². The summed E-state index contributed by atoms with van der Waals surface area (Å²) in [4.78, 5) is 15.1. The first kappa shape index (κ1) is 27.6. The van der Waals surface area contributed by atoms with Crippen LogP contribution in [0.4, 0.5) is 0 Å². The predicted molar refractivity (Wildman–Crippen MR) is 231 cm³/mol. The number of rotatable bonds is 7. The van der Waals surface area contributed by atoms with E-state index in [1.165, 1.54) is 16.5 Å². The van der Waals surface area contributed by atoms with E-state index in [9.17, 15) is 0 Å². The van der Waals surface area contributed by atoms with Gasteiger partial charge in [0.15, 0.2) is 17.5 Å². The van der Waals surface area contributed by atoms with Crippen LogP contribution in [-0.2, 0) is 0 Å². The van der Waals surface area contributed by atoms with Crippen molar-refractivity contribution in [1.29, 1.82) is 0 Å². The van der Waals surface area contributed by atoms with Gasteiger partial charge in [0.2, 0.25) is 0 Å². The fraction of sp³-hybridized carbons (Fsp3) is 0. The van der Waals surface area contributed by atoms with E-state index >= 15 is 0 Å². The summed E-state index contributed by atoms with van der Waals surface area (Å²) >= 11 is 1.71. The Morgan fingerprint density at radius 3 is 1.56 bits per heavy atom. The van der Waals surface area contributed by atoms with Crippen molar-refractivity contribution in [2.24, 2.45) is 0 Å². The summed E-state index contributed by atoms with van der Waals surface area (Å²) < 4.78 is 44.0. The Morgan fingerprint density at radius 2 is 0.873 bits per heavy atom. The molecule has 0 aliphatic rings. The lowest BCUT2D eigenvalue weighted by molar-refractivity contribution is 1.08. The monoisotopic (exact) mass is 724 g/mol. The van der Waals surface area contributed by atoms with Gasteiger partial charge in [0.05, 0.1) is 6.85 Å². The number of nitrogens with zero attached hydrogens (tertiary/aromatic N) is 3. The molecule has 0 spiro atoms. The van der Waals surface area contributed by atoms with Gasteiger partial charge in [0.1, 0.15) is 0 Å². The Labute approximate surface area is 331 Å². The molecule has 3 nitrogen and oxygen atoms in total. The molecule has 0 saturated heterocycles. The average Bonchev–Trinajstić information content (AvgIpc) is 3.70. The smallest absolute Gasteiger partial charge is 0.165 e. The summed E-state index contributed by atoms with van der Waals surface area (Å²) in [5, 5.41) is 2.28. The minimum absolute atomic E-state index is 0.124. The molecule has 0 N–H and O–H groups in total. The molecule has 10 rings (SSSR count). The maximum Gasteiger partial charge on any atom is 0.165 e. The highest BCUT2D eigenvalue weighted by molar-refractivity contribution is 7.26. The third kappa shape index (κ3) is 6.29. The van der Waals surface area contributed by atoms with E-state index in [1.54, 1.807) is 29.5 Å². The SMILES string of the molecule is [2H]c1c([2H])c([2H])c(-c2cccc(-c3nc(-c4ccccc4)nc(-c4cccc5c4sc4cccc(-c6ccc(-c7ccc(-c8ccccc8)cc7)cc6)c45)n3)c2)c([2H])c1[2H]. The molecular formula is C51H33N3S. The molecule has 8 aromatic carbocycles. The van der Waals surface area contributed by atoms with Gasteiger partial charge < -0.3 is 0 Å². The maximum absolute atomic E-state index is 8.60. The fourth-order valence-electron chi connectivity index (χ4n) is 7.14. The number of fused-ring (bicyclic) bond motifs is 3. The first-order valence-electron chi connectivity index (χ1n) is 20.5. The fourth-order valence-corrected chi connectivity index (χ4v) is 8.38. The van der Waals surface area contributed by atoms with Gasteiger partial charge >= 0.3 is 0 Å². The molecular weight excluding hydrogens is 687 g/mol. The van der Waals surface area contributed by atoms with Crippen LogP contribution in [0, 0.1) is 0 Å². The summed E-state index contributed by atoms with van der Waals surface area (Å²) in [5.74, 6) is 1.41. The third-order valence-electron chi connectivity index (χ3n) is 9.86. The van der Waals surface area contributed by atoms with Gasteiger partial charge in [-0.3, -0.25) is 0 Å². The zero-order valence-electron chi connectivity index (χ0n) is 34.4. The molecule has 0 aliphatic heterocycles. The van der Waals surface area contributed by atoms with Crippen molar-refractivity contribution in [1.82, 2.24) is 15.0 Å².